The topological polar surface area (TPSA) is 30.8 Å². The van der Waals surface area contributed by atoms with Gasteiger partial charge in [0.05, 0.1) is 20.3 Å². The van der Waals surface area contributed by atoms with E-state index in [2.05, 4.69) is 18.0 Å². The number of hydrogen-bond donors (Lipinski definition) is 0. The van der Waals surface area contributed by atoms with Gasteiger partial charge in [-0.2, -0.15) is 0 Å². The van der Waals surface area contributed by atoms with Crippen LogP contribution >= 0.6 is 0 Å². The molecule has 1 aromatic rings. The Morgan fingerprint density at radius 3 is 2.44 bits per heavy atom. The van der Waals surface area contributed by atoms with Crippen molar-refractivity contribution in [3.05, 3.63) is 23.3 Å². The average molecular weight is 219 g/mol. The molecular formula is C13H17NO2. The van der Waals surface area contributed by atoms with E-state index in [1.807, 2.05) is 13.0 Å². The summed E-state index contributed by atoms with van der Waals surface area (Å²) in [5, 5.41) is 0. The molecule has 1 heterocycles. The molecule has 0 aliphatic carbocycles. The third kappa shape index (κ3) is 1.77. The smallest absolute Gasteiger partial charge is 0.161 e. The van der Waals surface area contributed by atoms with Crippen LogP contribution in [0, 0.1) is 0 Å². The van der Waals surface area contributed by atoms with Crippen LogP contribution in [0.5, 0.6) is 11.5 Å². The first-order valence-electron chi connectivity index (χ1n) is 5.45. The third-order valence-corrected chi connectivity index (χ3v) is 2.93. The maximum absolute atomic E-state index is 5.31. The van der Waals surface area contributed by atoms with E-state index in [0.717, 1.165) is 23.6 Å². The number of ether oxygens (including phenoxy) is 2. The number of fused-ring (bicyclic) bond motifs is 1. The summed E-state index contributed by atoms with van der Waals surface area (Å²) in [6, 6.07) is 4.42. The number of aliphatic imine (C=N–C) groups is 1. The van der Waals surface area contributed by atoms with Gasteiger partial charge in [-0.25, -0.2) is 0 Å². The number of hydrogen-bond acceptors (Lipinski definition) is 3. The fraction of sp³-hybridized carbons (Fsp3) is 0.462. The summed E-state index contributed by atoms with van der Waals surface area (Å²) >= 11 is 0. The molecule has 0 aromatic heterocycles. The van der Waals surface area contributed by atoms with E-state index in [1.165, 1.54) is 11.1 Å². The van der Waals surface area contributed by atoms with Crippen molar-refractivity contribution < 1.29 is 9.47 Å². The Labute approximate surface area is 96.1 Å². The quantitative estimate of drug-likeness (QED) is 0.765. The van der Waals surface area contributed by atoms with Crippen LogP contribution in [-0.2, 0) is 6.42 Å². The Balaban J connectivity index is 2.54. The van der Waals surface area contributed by atoms with E-state index in [0.29, 0.717) is 6.04 Å². The van der Waals surface area contributed by atoms with Gasteiger partial charge in [0.15, 0.2) is 11.5 Å². The molecule has 1 atom stereocenters. The van der Waals surface area contributed by atoms with Crippen LogP contribution in [0.2, 0.25) is 0 Å². The molecule has 0 spiro atoms. The molecule has 0 amide bonds. The van der Waals surface area contributed by atoms with Crippen LogP contribution < -0.4 is 9.47 Å². The van der Waals surface area contributed by atoms with Crippen molar-refractivity contribution in [2.24, 2.45) is 4.99 Å². The Kier molecular flexibility index (Phi) is 2.86. The molecule has 0 bridgehead atoms. The molecule has 2 rings (SSSR count). The third-order valence-electron chi connectivity index (χ3n) is 2.93. The lowest BCUT2D eigenvalue weighted by Crippen LogP contribution is -2.17. The van der Waals surface area contributed by atoms with Gasteiger partial charge in [0.25, 0.3) is 0 Å². The summed E-state index contributed by atoms with van der Waals surface area (Å²) in [4.78, 5) is 4.58. The highest BCUT2D eigenvalue weighted by atomic mass is 16.5. The predicted octanol–water partition coefficient (Wildman–Crippen LogP) is 2.46. The monoisotopic (exact) mass is 219 g/mol. The first kappa shape index (κ1) is 11.0. The second-order valence-electron chi connectivity index (χ2n) is 4.13. The van der Waals surface area contributed by atoms with Crippen LogP contribution in [0.1, 0.15) is 25.0 Å². The minimum Gasteiger partial charge on any atom is -0.493 e. The molecule has 0 saturated carbocycles. The molecule has 0 fully saturated rings. The van der Waals surface area contributed by atoms with Crippen molar-refractivity contribution in [2.45, 2.75) is 26.3 Å². The molecule has 1 aliphatic rings. The van der Waals surface area contributed by atoms with Gasteiger partial charge >= 0.3 is 0 Å². The maximum Gasteiger partial charge on any atom is 0.161 e. The lowest BCUT2D eigenvalue weighted by atomic mass is 9.94. The zero-order valence-electron chi connectivity index (χ0n) is 10.2. The van der Waals surface area contributed by atoms with Crippen molar-refractivity contribution in [3.63, 3.8) is 0 Å². The van der Waals surface area contributed by atoms with Crippen LogP contribution in [0.3, 0.4) is 0 Å². The standard InChI is InChI=1S/C13H17NO2/c1-8-5-10-6-12(15-3)13(16-4)7-11(10)9(2)14-8/h6-8H,5H2,1-4H3. The lowest BCUT2D eigenvalue weighted by molar-refractivity contribution is 0.354. The SMILES string of the molecule is COc1cc2c(cc1OC)C(C)=NC(C)C2. The van der Waals surface area contributed by atoms with Crippen LogP contribution in [-0.4, -0.2) is 26.0 Å². The van der Waals surface area contributed by atoms with Gasteiger partial charge in [-0.3, -0.25) is 4.99 Å². The molecule has 1 unspecified atom stereocenters. The summed E-state index contributed by atoms with van der Waals surface area (Å²) < 4.78 is 10.6. The zero-order chi connectivity index (χ0) is 11.7. The molecule has 0 radical (unpaired) electrons. The lowest BCUT2D eigenvalue weighted by Gasteiger charge is -2.21. The summed E-state index contributed by atoms with van der Waals surface area (Å²) in [5.41, 5.74) is 3.54. The summed E-state index contributed by atoms with van der Waals surface area (Å²) in [7, 11) is 3.32. The van der Waals surface area contributed by atoms with Crippen molar-refractivity contribution >= 4 is 5.71 Å². The van der Waals surface area contributed by atoms with Crippen LogP contribution in [0.15, 0.2) is 17.1 Å². The minimum absolute atomic E-state index is 0.352. The van der Waals surface area contributed by atoms with Gasteiger partial charge in [-0.1, -0.05) is 0 Å². The molecule has 1 aromatic carbocycles. The molecule has 1 aliphatic heterocycles. The average Bonchev–Trinajstić information content (AvgIpc) is 2.27. The molecule has 0 saturated heterocycles. The molecule has 3 nitrogen and oxygen atoms in total. The van der Waals surface area contributed by atoms with E-state index in [-0.39, 0.29) is 0 Å². The largest absolute Gasteiger partial charge is 0.493 e. The normalized spacial score (nSPS) is 18.8. The highest BCUT2D eigenvalue weighted by Gasteiger charge is 2.18. The Morgan fingerprint density at radius 2 is 1.81 bits per heavy atom. The van der Waals surface area contributed by atoms with Crippen LogP contribution in [0.4, 0.5) is 0 Å². The summed E-state index contributed by atoms with van der Waals surface area (Å²) in [6.45, 7) is 4.17. The molecular weight excluding hydrogens is 202 g/mol. The molecule has 86 valence electrons. The van der Waals surface area contributed by atoms with Gasteiger partial charge in [-0.05, 0) is 38.0 Å². The Bertz CT molecular complexity index is 438. The molecule has 3 heteroatoms. The van der Waals surface area contributed by atoms with Gasteiger partial charge < -0.3 is 9.47 Å². The van der Waals surface area contributed by atoms with Gasteiger partial charge in [0.1, 0.15) is 0 Å². The van der Waals surface area contributed by atoms with Crippen molar-refractivity contribution in [1.82, 2.24) is 0 Å². The first-order chi connectivity index (χ1) is 7.65. The fourth-order valence-corrected chi connectivity index (χ4v) is 2.19. The van der Waals surface area contributed by atoms with Gasteiger partial charge in [0, 0.05) is 11.3 Å². The minimum atomic E-state index is 0.352. The van der Waals surface area contributed by atoms with E-state index in [4.69, 9.17) is 9.47 Å². The maximum atomic E-state index is 5.31. The van der Waals surface area contributed by atoms with E-state index < -0.39 is 0 Å². The predicted molar refractivity (Wildman–Crippen MR) is 64.9 cm³/mol. The van der Waals surface area contributed by atoms with Gasteiger partial charge in [0.2, 0.25) is 0 Å². The van der Waals surface area contributed by atoms with E-state index >= 15 is 0 Å². The van der Waals surface area contributed by atoms with Crippen molar-refractivity contribution in [3.8, 4) is 11.5 Å². The fourth-order valence-electron chi connectivity index (χ4n) is 2.19. The number of methoxy groups -OCH3 is 2. The van der Waals surface area contributed by atoms with Crippen molar-refractivity contribution in [2.75, 3.05) is 14.2 Å². The van der Waals surface area contributed by atoms with Gasteiger partial charge in [-0.15, -0.1) is 0 Å². The van der Waals surface area contributed by atoms with E-state index in [9.17, 15) is 0 Å². The second-order valence-corrected chi connectivity index (χ2v) is 4.13. The Hall–Kier alpha value is -1.51. The van der Waals surface area contributed by atoms with E-state index in [1.54, 1.807) is 14.2 Å². The zero-order valence-corrected chi connectivity index (χ0v) is 10.2. The Morgan fingerprint density at radius 1 is 1.19 bits per heavy atom. The number of benzene rings is 1. The van der Waals surface area contributed by atoms with Crippen molar-refractivity contribution in [1.29, 1.82) is 0 Å². The summed E-state index contributed by atoms with van der Waals surface area (Å²) in [6.07, 6.45) is 0.965. The first-order valence-corrected chi connectivity index (χ1v) is 5.45. The second kappa shape index (κ2) is 4.16. The highest BCUT2D eigenvalue weighted by molar-refractivity contribution is 6.01. The number of rotatable bonds is 2. The summed E-state index contributed by atoms with van der Waals surface area (Å²) in [5.74, 6) is 1.56. The highest BCUT2D eigenvalue weighted by Crippen LogP contribution is 2.33. The molecule has 16 heavy (non-hydrogen) atoms. The number of nitrogens with zero attached hydrogens (tertiary/aromatic N) is 1. The van der Waals surface area contributed by atoms with Crippen LogP contribution in [0.25, 0.3) is 0 Å². The molecule has 0 N–H and O–H groups in total.